The lowest BCUT2D eigenvalue weighted by atomic mass is 10.1. The second-order valence-electron chi connectivity index (χ2n) is 9.91. The highest BCUT2D eigenvalue weighted by Gasteiger charge is 2.31. The number of carbonyl (C=O) groups excluding carboxylic acids is 1. The predicted octanol–water partition coefficient (Wildman–Crippen LogP) is 2.75. The number of methoxy groups -OCH3 is 1. The van der Waals surface area contributed by atoms with Crippen LogP contribution in [0.3, 0.4) is 0 Å². The molecule has 2 aliphatic rings. The van der Waals surface area contributed by atoms with Gasteiger partial charge in [0.05, 0.1) is 31.2 Å². The second kappa shape index (κ2) is 10.5. The number of rotatable bonds is 3. The molecule has 0 saturated carbocycles. The number of anilines is 5. The van der Waals surface area contributed by atoms with Crippen LogP contribution in [0.5, 0.6) is 5.75 Å². The zero-order valence-corrected chi connectivity index (χ0v) is 22.6. The third-order valence-electron chi connectivity index (χ3n) is 7.37. The van der Waals surface area contributed by atoms with E-state index in [1.54, 1.807) is 29.0 Å². The molecule has 40 heavy (non-hydrogen) atoms. The van der Waals surface area contributed by atoms with Crippen molar-refractivity contribution in [1.29, 1.82) is 0 Å². The van der Waals surface area contributed by atoms with Crippen molar-refractivity contribution < 1.29 is 9.53 Å². The van der Waals surface area contributed by atoms with Gasteiger partial charge in [0, 0.05) is 44.0 Å². The summed E-state index contributed by atoms with van der Waals surface area (Å²) in [6.07, 6.45) is 7.45. The summed E-state index contributed by atoms with van der Waals surface area (Å²) in [6.45, 7) is 7.34. The average molecular weight is 542 g/mol. The minimum atomic E-state index is -0.224. The predicted molar refractivity (Wildman–Crippen MR) is 154 cm³/mol. The third-order valence-corrected chi connectivity index (χ3v) is 7.37. The Morgan fingerprint density at radius 3 is 2.80 bits per heavy atom. The number of para-hydroxylation sites is 1. The van der Waals surface area contributed by atoms with Gasteiger partial charge in [0.2, 0.25) is 5.95 Å². The number of nitrogens with zero attached hydrogens (tertiary/aromatic N) is 8. The van der Waals surface area contributed by atoms with E-state index in [0.717, 1.165) is 37.1 Å². The van der Waals surface area contributed by atoms with Gasteiger partial charge in [-0.3, -0.25) is 18.8 Å². The van der Waals surface area contributed by atoms with E-state index in [2.05, 4.69) is 33.9 Å². The summed E-state index contributed by atoms with van der Waals surface area (Å²) in [5.41, 5.74) is 3.00. The summed E-state index contributed by atoms with van der Waals surface area (Å²) in [6, 6.07) is 7.39. The van der Waals surface area contributed by atoms with Gasteiger partial charge in [-0.25, -0.2) is 4.98 Å². The summed E-state index contributed by atoms with van der Waals surface area (Å²) in [7, 11) is 3.64. The van der Waals surface area contributed by atoms with Gasteiger partial charge in [-0.2, -0.15) is 10.1 Å². The summed E-state index contributed by atoms with van der Waals surface area (Å²) in [5, 5.41) is 8.38. The van der Waals surface area contributed by atoms with E-state index in [4.69, 9.17) is 9.72 Å². The van der Waals surface area contributed by atoms with Crippen molar-refractivity contribution in [1.82, 2.24) is 29.2 Å². The van der Waals surface area contributed by atoms with Gasteiger partial charge in [0.25, 0.3) is 11.5 Å². The molecular weight excluding hydrogens is 510 g/mol. The van der Waals surface area contributed by atoms with E-state index >= 15 is 0 Å². The lowest BCUT2D eigenvalue weighted by Crippen LogP contribution is -2.43. The number of benzene rings is 1. The van der Waals surface area contributed by atoms with Crippen LogP contribution < -0.4 is 25.4 Å². The minimum absolute atomic E-state index is 0.156. The average Bonchev–Trinajstić information content (AvgIpc) is 3.42. The minimum Gasteiger partial charge on any atom is -0.494 e. The molecular formula is C28H31N9O3. The van der Waals surface area contributed by atoms with Crippen LogP contribution in [0.15, 0.2) is 60.3 Å². The van der Waals surface area contributed by atoms with Crippen LogP contribution in [0.2, 0.25) is 0 Å². The second-order valence-corrected chi connectivity index (χ2v) is 9.91. The SMILES string of the molecule is C=CC(=O)N1CCN(c2cc3cnc4nc3n(c2=O)CCCN(C)CCn2cc(cn2)N4)c2cccc(OC)c21. The van der Waals surface area contributed by atoms with E-state index < -0.39 is 0 Å². The molecule has 0 unspecified atom stereocenters. The van der Waals surface area contributed by atoms with Crippen molar-refractivity contribution in [3.63, 3.8) is 0 Å². The largest absolute Gasteiger partial charge is 0.494 e. The maximum Gasteiger partial charge on any atom is 0.276 e. The summed E-state index contributed by atoms with van der Waals surface area (Å²) < 4.78 is 9.25. The fourth-order valence-electron chi connectivity index (χ4n) is 5.35. The molecule has 12 nitrogen and oxygen atoms in total. The summed E-state index contributed by atoms with van der Waals surface area (Å²) >= 11 is 0. The van der Waals surface area contributed by atoms with Gasteiger partial charge >= 0.3 is 0 Å². The highest BCUT2D eigenvalue weighted by atomic mass is 16.5. The number of ether oxygens (including phenoxy) is 1. The molecule has 0 fully saturated rings. The molecule has 0 atom stereocenters. The Hall–Kier alpha value is -4.71. The monoisotopic (exact) mass is 541 g/mol. The number of amides is 1. The van der Waals surface area contributed by atoms with Gasteiger partial charge in [-0.1, -0.05) is 12.6 Å². The Morgan fingerprint density at radius 2 is 1.98 bits per heavy atom. The molecule has 4 bridgehead atoms. The normalized spacial score (nSPS) is 15.8. The van der Waals surface area contributed by atoms with Crippen LogP contribution in [0, 0.1) is 0 Å². The molecule has 5 heterocycles. The van der Waals surface area contributed by atoms with Crippen LogP contribution in [-0.2, 0) is 17.9 Å². The Morgan fingerprint density at radius 1 is 1.10 bits per heavy atom. The van der Waals surface area contributed by atoms with Crippen molar-refractivity contribution in [2.24, 2.45) is 0 Å². The maximum absolute atomic E-state index is 14.2. The van der Waals surface area contributed by atoms with E-state index in [9.17, 15) is 9.59 Å². The fourth-order valence-corrected chi connectivity index (χ4v) is 5.35. The van der Waals surface area contributed by atoms with Crippen LogP contribution >= 0.6 is 0 Å². The highest BCUT2D eigenvalue weighted by Crippen LogP contribution is 2.43. The smallest absolute Gasteiger partial charge is 0.276 e. The fraction of sp³-hybridized carbons (Fsp3) is 0.321. The Balaban J connectivity index is 1.49. The van der Waals surface area contributed by atoms with Gasteiger partial charge < -0.3 is 24.8 Å². The molecule has 2 aliphatic heterocycles. The molecule has 3 aromatic heterocycles. The third kappa shape index (κ3) is 4.56. The number of aromatic nitrogens is 5. The quantitative estimate of drug-likeness (QED) is 0.391. The number of fused-ring (bicyclic) bond motifs is 4. The number of hydrogen-bond acceptors (Lipinski definition) is 9. The number of carbonyl (C=O) groups is 1. The van der Waals surface area contributed by atoms with Crippen molar-refractivity contribution in [2.45, 2.75) is 19.5 Å². The molecule has 0 saturated heterocycles. The lowest BCUT2D eigenvalue weighted by Gasteiger charge is -2.38. The molecule has 0 spiro atoms. The molecule has 206 valence electrons. The number of hydrogen-bond donors (Lipinski definition) is 1. The molecule has 0 radical (unpaired) electrons. The molecule has 1 aromatic carbocycles. The zero-order chi connectivity index (χ0) is 27.8. The van der Waals surface area contributed by atoms with Crippen LogP contribution in [0.1, 0.15) is 6.42 Å². The number of nitrogens with one attached hydrogen (secondary N) is 1. The summed E-state index contributed by atoms with van der Waals surface area (Å²) in [4.78, 5) is 42.0. The van der Waals surface area contributed by atoms with Crippen LogP contribution in [-0.4, -0.2) is 75.5 Å². The first-order valence-corrected chi connectivity index (χ1v) is 13.2. The lowest BCUT2D eigenvalue weighted by molar-refractivity contribution is -0.114. The molecule has 12 heteroatoms. The van der Waals surface area contributed by atoms with Crippen LogP contribution in [0.4, 0.5) is 28.7 Å². The van der Waals surface area contributed by atoms with E-state index in [0.29, 0.717) is 54.0 Å². The van der Waals surface area contributed by atoms with E-state index in [1.165, 1.54) is 6.08 Å². The van der Waals surface area contributed by atoms with Gasteiger partial charge in [0.1, 0.15) is 22.8 Å². The number of pyridine rings is 1. The first-order valence-electron chi connectivity index (χ1n) is 13.2. The van der Waals surface area contributed by atoms with E-state index in [-0.39, 0.29) is 11.5 Å². The van der Waals surface area contributed by atoms with Crippen molar-refractivity contribution in [3.8, 4) is 5.75 Å². The van der Waals surface area contributed by atoms with Crippen molar-refractivity contribution in [3.05, 3.63) is 65.9 Å². The van der Waals surface area contributed by atoms with Crippen molar-refractivity contribution >= 4 is 45.6 Å². The maximum atomic E-state index is 14.2. The first-order chi connectivity index (χ1) is 19.5. The van der Waals surface area contributed by atoms with Gasteiger partial charge in [-0.05, 0) is 44.3 Å². The molecule has 6 rings (SSSR count). The Bertz CT molecular complexity index is 1660. The number of likely N-dealkylation sites (N-methyl/N-ethyl adjacent to an activating group) is 1. The van der Waals surface area contributed by atoms with Crippen molar-refractivity contribution in [2.75, 3.05) is 55.5 Å². The molecule has 4 aromatic rings. The molecule has 1 N–H and O–H groups in total. The van der Waals surface area contributed by atoms with Crippen LogP contribution in [0.25, 0.3) is 11.0 Å². The Kier molecular flexibility index (Phi) is 6.68. The number of aryl methyl sites for hydroxylation is 1. The first kappa shape index (κ1) is 25.6. The molecule has 0 aliphatic carbocycles. The van der Waals surface area contributed by atoms with E-state index in [1.807, 2.05) is 40.0 Å². The Labute approximate surface area is 231 Å². The van der Waals surface area contributed by atoms with Gasteiger partial charge in [0.15, 0.2) is 0 Å². The van der Waals surface area contributed by atoms with Gasteiger partial charge in [-0.15, -0.1) is 0 Å². The molecule has 1 amide bonds. The zero-order valence-electron chi connectivity index (χ0n) is 22.6. The standard InChI is InChI=1S/C28H31N9O3/c1-4-24(38)36-14-13-35(21-7-5-8-23(40-3)25(21)36)22-15-19-16-29-28-31-20-17-30-34(18-20)12-11-33(2)9-6-10-37(27(22)39)26(19)32-28/h4-5,7-8,15-18H,1,6,9-14H2,2-3H3,(H,29,31,32). The summed E-state index contributed by atoms with van der Waals surface area (Å²) in [5.74, 6) is 0.719. The topological polar surface area (TPSA) is 114 Å². The highest BCUT2D eigenvalue weighted by molar-refractivity contribution is 6.06.